The van der Waals surface area contributed by atoms with E-state index in [1.54, 1.807) is 20.8 Å². The molecule has 0 radical (unpaired) electrons. The molecule has 3 heteroatoms. The maximum Gasteiger partial charge on any atom is 0.728 e. The van der Waals surface area contributed by atoms with Crippen LogP contribution in [0.4, 0.5) is 4.79 Å². The molecule has 0 N–H and O–H groups in total. The van der Waals surface area contributed by atoms with E-state index in [9.17, 15) is 4.79 Å². The molecular formula is C6H10NO2+. The molecule has 0 aliphatic heterocycles. The Hall–Kier alpha value is -1.04. The largest absolute Gasteiger partial charge is 0.728 e. The SMILES string of the molecule is C#[N+]C(=O)OC(C)(C)C. The molecule has 0 rings (SSSR count). The molecule has 0 aliphatic rings. The highest BCUT2D eigenvalue weighted by Crippen LogP contribution is 2.07. The van der Waals surface area contributed by atoms with Gasteiger partial charge in [0.25, 0.3) is 6.57 Å². The average Bonchev–Trinajstić information content (AvgIpc) is 1.62. The lowest BCUT2D eigenvalue weighted by molar-refractivity contribution is 0.0665. The van der Waals surface area contributed by atoms with Gasteiger partial charge >= 0.3 is 6.09 Å². The van der Waals surface area contributed by atoms with Gasteiger partial charge in [0.15, 0.2) is 0 Å². The van der Waals surface area contributed by atoms with Crippen LogP contribution in [0.15, 0.2) is 0 Å². The van der Waals surface area contributed by atoms with Gasteiger partial charge in [-0.25, -0.2) is 0 Å². The monoisotopic (exact) mass is 128 g/mol. The third-order valence-corrected chi connectivity index (χ3v) is 0.499. The van der Waals surface area contributed by atoms with Crippen molar-refractivity contribution in [3.05, 3.63) is 4.85 Å². The summed E-state index contributed by atoms with van der Waals surface area (Å²) in [6.07, 6.45) is -0.734. The summed E-state index contributed by atoms with van der Waals surface area (Å²) >= 11 is 0. The molecule has 50 valence electrons. The normalized spacial score (nSPS) is 10.0. The maximum absolute atomic E-state index is 10.3. The number of hydrogen-bond donors (Lipinski definition) is 0. The van der Waals surface area contributed by atoms with Crippen LogP contribution in [0.5, 0.6) is 0 Å². The van der Waals surface area contributed by atoms with Gasteiger partial charge in [-0.15, -0.1) is 0 Å². The van der Waals surface area contributed by atoms with Crippen LogP contribution < -0.4 is 0 Å². The Bertz CT molecular complexity index is 149. The Labute approximate surface area is 54.4 Å². The van der Waals surface area contributed by atoms with E-state index < -0.39 is 11.7 Å². The summed E-state index contributed by atoms with van der Waals surface area (Å²) in [5.41, 5.74) is -0.500. The van der Waals surface area contributed by atoms with Crippen molar-refractivity contribution >= 4 is 6.09 Å². The van der Waals surface area contributed by atoms with Crippen molar-refractivity contribution < 1.29 is 9.53 Å². The summed E-state index contributed by atoms with van der Waals surface area (Å²) in [7, 11) is 0. The molecule has 0 fully saturated rings. The van der Waals surface area contributed by atoms with Crippen LogP contribution in [0.25, 0.3) is 4.85 Å². The fourth-order valence-corrected chi connectivity index (χ4v) is 0.288. The standard InChI is InChI=1S/C6H10NO2/c1-6(2,3)9-5(8)7-4/h4H,1-3H3/q+1. The van der Waals surface area contributed by atoms with Crippen molar-refractivity contribution in [3.8, 4) is 6.57 Å². The third kappa shape index (κ3) is 4.82. The number of carbonyl (C=O) groups excluding carboxylic acids is 1. The third-order valence-electron chi connectivity index (χ3n) is 0.499. The maximum atomic E-state index is 10.3. The Morgan fingerprint density at radius 1 is 1.56 bits per heavy atom. The van der Waals surface area contributed by atoms with Crippen molar-refractivity contribution in [2.24, 2.45) is 0 Å². The molecule has 9 heavy (non-hydrogen) atoms. The molecule has 0 aliphatic carbocycles. The zero-order chi connectivity index (χ0) is 7.49. The lowest BCUT2D eigenvalue weighted by Gasteiger charge is -2.12. The molecule has 0 unspecified atom stereocenters. The molecule has 3 nitrogen and oxygen atoms in total. The Morgan fingerprint density at radius 3 is 2.11 bits per heavy atom. The van der Waals surface area contributed by atoms with Crippen LogP contribution in [0.2, 0.25) is 0 Å². The van der Waals surface area contributed by atoms with E-state index in [4.69, 9.17) is 0 Å². The Morgan fingerprint density at radius 2 is 2.00 bits per heavy atom. The number of hydrogen-bond acceptors (Lipinski definition) is 2. The first-order valence-electron chi connectivity index (χ1n) is 2.59. The van der Waals surface area contributed by atoms with Crippen molar-refractivity contribution in [2.45, 2.75) is 26.4 Å². The van der Waals surface area contributed by atoms with Crippen molar-refractivity contribution in [1.82, 2.24) is 0 Å². The number of amides is 1. The molecule has 0 aromatic rings. The fourth-order valence-electron chi connectivity index (χ4n) is 0.288. The number of ether oxygens (including phenoxy) is 1. The zero-order valence-corrected chi connectivity index (χ0v) is 5.84. The molecule has 0 aromatic heterocycles. The molecule has 0 atom stereocenters. The predicted octanol–water partition coefficient (Wildman–Crippen LogP) is 1.88. The first kappa shape index (κ1) is 7.96. The number of nitrogens with zero attached hydrogens (tertiary/aromatic N) is 1. The van der Waals surface area contributed by atoms with Gasteiger partial charge in [-0.05, 0) is 20.8 Å². The Kier molecular flexibility index (Phi) is 2.20. The predicted molar refractivity (Wildman–Crippen MR) is 34.5 cm³/mol. The lowest BCUT2D eigenvalue weighted by Crippen LogP contribution is -2.21. The molecule has 1 amide bonds. The minimum atomic E-state index is -0.734. The molecule has 0 bridgehead atoms. The first-order chi connectivity index (χ1) is 3.95. The van der Waals surface area contributed by atoms with Gasteiger partial charge in [0.05, 0.1) is 4.85 Å². The second kappa shape index (κ2) is 2.49. The second-order valence-electron chi connectivity index (χ2n) is 2.61. The summed E-state index contributed by atoms with van der Waals surface area (Å²) in [5, 5.41) is 0. The van der Waals surface area contributed by atoms with Crippen LogP contribution in [0.3, 0.4) is 0 Å². The van der Waals surface area contributed by atoms with Gasteiger partial charge in [0.2, 0.25) is 0 Å². The smallest absolute Gasteiger partial charge is 0.392 e. The van der Waals surface area contributed by atoms with E-state index in [1.165, 1.54) is 0 Å². The lowest BCUT2D eigenvalue weighted by atomic mass is 10.2. The fraction of sp³-hybridized carbons (Fsp3) is 0.667. The van der Waals surface area contributed by atoms with Gasteiger partial charge in [0, 0.05) is 0 Å². The highest BCUT2D eigenvalue weighted by molar-refractivity contribution is 5.78. The van der Waals surface area contributed by atoms with E-state index in [2.05, 4.69) is 16.2 Å². The van der Waals surface area contributed by atoms with Crippen molar-refractivity contribution in [2.75, 3.05) is 0 Å². The zero-order valence-electron chi connectivity index (χ0n) is 5.84. The second-order valence-corrected chi connectivity index (χ2v) is 2.61. The molecule has 0 saturated carbocycles. The van der Waals surface area contributed by atoms with Crippen LogP contribution >= 0.6 is 0 Å². The minimum absolute atomic E-state index is 0.500. The highest BCUT2D eigenvalue weighted by atomic mass is 16.6. The van der Waals surface area contributed by atoms with Crippen molar-refractivity contribution in [1.29, 1.82) is 0 Å². The molecule has 0 spiro atoms. The first-order valence-corrected chi connectivity index (χ1v) is 2.59. The van der Waals surface area contributed by atoms with Gasteiger partial charge in [-0.3, -0.25) is 0 Å². The summed E-state index contributed by atoms with van der Waals surface area (Å²) < 4.78 is 4.66. The van der Waals surface area contributed by atoms with E-state index >= 15 is 0 Å². The van der Waals surface area contributed by atoms with Crippen LogP contribution in [0.1, 0.15) is 20.8 Å². The van der Waals surface area contributed by atoms with E-state index in [0.29, 0.717) is 0 Å². The van der Waals surface area contributed by atoms with Gasteiger partial charge < -0.3 is 4.74 Å². The average molecular weight is 128 g/mol. The topological polar surface area (TPSA) is 30.7 Å². The van der Waals surface area contributed by atoms with Crippen LogP contribution in [-0.4, -0.2) is 11.7 Å². The summed E-state index contributed by atoms with van der Waals surface area (Å²) in [6.45, 7) is 9.87. The van der Waals surface area contributed by atoms with Gasteiger partial charge in [-0.1, -0.05) is 0 Å². The minimum Gasteiger partial charge on any atom is -0.392 e. The van der Waals surface area contributed by atoms with Crippen LogP contribution in [-0.2, 0) is 4.74 Å². The molecular weight excluding hydrogens is 118 g/mol. The van der Waals surface area contributed by atoms with Crippen molar-refractivity contribution in [3.63, 3.8) is 0 Å². The highest BCUT2D eigenvalue weighted by Gasteiger charge is 2.22. The summed E-state index contributed by atoms with van der Waals surface area (Å²) in [6, 6.07) is 0. The van der Waals surface area contributed by atoms with Crippen LogP contribution in [0, 0.1) is 6.57 Å². The van der Waals surface area contributed by atoms with E-state index in [0.717, 1.165) is 0 Å². The van der Waals surface area contributed by atoms with E-state index in [1.807, 2.05) is 0 Å². The molecule has 0 heterocycles. The number of rotatable bonds is 0. The van der Waals surface area contributed by atoms with E-state index in [-0.39, 0.29) is 0 Å². The molecule has 0 saturated heterocycles. The molecule has 0 aromatic carbocycles. The quantitative estimate of drug-likeness (QED) is 0.498. The number of carbonyl (C=O) groups is 1. The summed E-state index contributed by atoms with van der Waals surface area (Å²) in [5.74, 6) is 0. The van der Waals surface area contributed by atoms with Gasteiger partial charge in [0.1, 0.15) is 5.60 Å². The van der Waals surface area contributed by atoms with Gasteiger partial charge in [-0.2, -0.15) is 4.79 Å². The summed E-state index contributed by atoms with van der Waals surface area (Å²) in [4.78, 5) is 13.1. The Balaban J connectivity index is 3.78.